The normalized spacial score (nSPS) is 23.7. The van der Waals surface area contributed by atoms with Gasteiger partial charge in [0.15, 0.2) is 0 Å². The third-order valence-electron chi connectivity index (χ3n) is 5.12. The molecule has 1 aliphatic carbocycles. The lowest BCUT2D eigenvalue weighted by molar-refractivity contribution is -0.119. The topological polar surface area (TPSA) is 30.9 Å². The van der Waals surface area contributed by atoms with Gasteiger partial charge in [-0.2, -0.15) is 0 Å². The molecule has 2 aliphatic rings. The minimum atomic E-state index is 0.392. The molecule has 0 bridgehead atoms. The SMILES string of the molecule is COC1CC(OC2CCN(c3cc(C#CCOI)ccc3C)CC2)C1. The lowest BCUT2D eigenvalue weighted by Crippen LogP contribution is -2.43. The molecule has 1 heterocycles. The molecule has 0 N–H and O–H groups in total. The summed E-state index contributed by atoms with van der Waals surface area (Å²) in [6, 6.07) is 6.44. The molecular weight excluding hydrogens is 429 g/mol. The summed E-state index contributed by atoms with van der Waals surface area (Å²) in [5.74, 6) is 6.19. The highest BCUT2D eigenvalue weighted by Crippen LogP contribution is 2.31. The summed E-state index contributed by atoms with van der Waals surface area (Å²) in [5, 5.41) is 0. The van der Waals surface area contributed by atoms with Crippen molar-refractivity contribution < 1.29 is 12.5 Å². The average Bonchev–Trinajstić information content (AvgIpc) is 2.60. The minimum absolute atomic E-state index is 0.392. The number of nitrogens with zero attached hydrogens (tertiary/aromatic N) is 1. The number of methoxy groups -OCH3 is 1. The standard InChI is InChI=1S/C20H26INO3/c1-15-5-6-16(4-3-11-24-21)12-20(15)22-9-7-17(8-10-22)25-19-13-18(14-19)23-2/h5-6,12,17-19H,7-11,13-14H2,1-2H3. The van der Waals surface area contributed by atoms with E-state index in [2.05, 4.69) is 41.9 Å². The van der Waals surface area contributed by atoms with E-state index in [9.17, 15) is 0 Å². The zero-order valence-corrected chi connectivity index (χ0v) is 17.1. The Morgan fingerprint density at radius 3 is 2.60 bits per heavy atom. The largest absolute Gasteiger partial charge is 0.381 e. The molecule has 0 spiro atoms. The Morgan fingerprint density at radius 1 is 1.16 bits per heavy atom. The van der Waals surface area contributed by atoms with E-state index in [-0.39, 0.29) is 0 Å². The van der Waals surface area contributed by atoms with Crippen LogP contribution in [0.5, 0.6) is 0 Å². The number of benzene rings is 1. The first-order chi connectivity index (χ1) is 12.2. The molecule has 1 aliphatic heterocycles. The lowest BCUT2D eigenvalue weighted by Gasteiger charge is -2.40. The molecule has 3 rings (SSSR count). The van der Waals surface area contributed by atoms with E-state index in [1.54, 1.807) is 7.11 Å². The van der Waals surface area contributed by atoms with Crippen LogP contribution in [0, 0.1) is 18.8 Å². The van der Waals surface area contributed by atoms with Gasteiger partial charge in [-0.25, -0.2) is 0 Å². The zero-order valence-electron chi connectivity index (χ0n) is 15.0. The van der Waals surface area contributed by atoms with Crippen LogP contribution in [0.25, 0.3) is 0 Å². The van der Waals surface area contributed by atoms with Gasteiger partial charge >= 0.3 is 0 Å². The van der Waals surface area contributed by atoms with Crippen LogP contribution < -0.4 is 4.90 Å². The van der Waals surface area contributed by atoms with Crippen molar-refractivity contribution in [3.05, 3.63) is 29.3 Å². The van der Waals surface area contributed by atoms with Crippen LogP contribution in [-0.2, 0) is 12.5 Å². The highest BCUT2D eigenvalue weighted by Gasteiger charge is 2.33. The molecule has 4 nitrogen and oxygen atoms in total. The van der Waals surface area contributed by atoms with Crippen LogP contribution in [-0.4, -0.2) is 45.1 Å². The predicted octanol–water partition coefficient (Wildman–Crippen LogP) is 3.88. The van der Waals surface area contributed by atoms with Gasteiger partial charge in [0.25, 0.3) is 0 Å². The van der Waals surface area contributed by atoms with E-state index < -0.39 is 0 Å². The summed E-state index contributed by atoms with van der Waals surface area (Å²) in [5.41, 5.74) is 3.65. The summed E-state index contributed by atoms with van der Waals surface area (Å²) >= 11 is 1.87. The average molecular weight is 455 g/mol. The zero-order chi connectivity index (χ0) is 17.6. The van der Waals surface area contributed by atoms with Crippen molar-refractivity contribution in [3.8, 4) is 11.8 Å². The van der Waals surface area contributed by atoms with E-state index >= 15 is 0 Å². The third kappa shape index (κ3) is 5.10. The van der Waals surface area contributed by atoms with Crippen molar-refractivity contribution >= 4 is 28.7 Å². The minimum Gasteiger partial charge on any atom is -0.381 e. The van der Waals surface area contributed by atoms with Crippen LogP contribution in [0.3, 0.4) is 0 Å². The number of hydrogen-bond acceptors (Lipinski definition) is 4. The first-order valence-electron chi connectivity index (χ1n) is 8.96. The number of anilines is 1. The summed E-state index contributed by atoms with van der Waals surface area (Å²) in [6.45, 7) is 4.71. The molecule has 0 amide bonds. The maximum atomic E-state index is 6.22. The second-order valence-electron chi connectivity index (χ2n) is 6.83. The maximum Gasteiger partial charge on any atom is 0.120 e. The molecule has 136 valence electrons. The van der Waals surface area contributed by atoms with Crippen LogP contribution in [0.1, 0.15) is 36.8 Å². The first kappa shape index (κ1) is 19.0. The van der Waals surface area contributed by atoms with Gasteiger partial charge in [-0.3, -0.25) is 0 Å². The van der Waals surface area contributed by atoms with Crippen LogP contribution in [0.15, 0.2) is 18.2 Å². The van der Waals surface area contributed by atoms with Crippen molar-refractivity contribution in [1.29, 1.82) is 0 Å². The van der Waals surface area contributed by atoms with Crippen molar-refractivity contribution in [2.45, 2.75) is 50.9 Å². The molecule has 1 aromatic rings. The molecule has 25 heavy (non-hydrogen) atoms. The Balaban J connectivity index is 1.54. The molecule has 1 saturated heterocycles. The first-order valence-corrected chi connectivity index (χ1v) is 9.84. The third-order valence-corrected chi connectivity index (χ3v) is 5.43. The Bertz CT molecular complexity index is 626. The Morgan fingerprint density at radius 2 is 1.92 bits per heavy atom. The van der Waals surface area contributed by atoms with Crippen LogP contribution >= 0.6 is 23.0 Å². The van der Waals surface area contributed by atoms with Gasteiger partial charge in [-0.1, -0.05) is 17.9 Å². The smallest absolute Gasteiger partial charge is 0.120 e. The van der Waals surface area contributed by atoms with E-state index in [0.29, 0.717) is 24.9 Å². The van der Waals surface area contributed by atoms with Gasteiger partial charge in [-0.05, 0) is 50.3 Å². The Hall–Kier alpha value is -0.810. The summed E-state index contributed by atoms with van der Waals surface area (Å²) < 4.78 is 16.5. The number of ether oxygens (including phenoxy) is 2. The second kappa shape index (κ2) is 9.22. The van der Waals surface area contributed by atoms with E-state index in [0.717, 1.165) is 44.3 Å². The number of halogens is 1. The molecule has 1 saturated carbocycles. The molecule has 1 aromatic carbocycles. The number of aryl methyl sites for hydroxylation is 1. The van der Waals surface area contributed by atoms with E-state index in [1.165, 1.54) is 11.3 Å². The van der Waals surface area contributed by atoms with Crippen LogP contribution in [0.2, 0.25) is 0 Å². The highest BCUT2D eigenvalue weighted by atomic mass is 127. The maximum absolute atomic E-state index is 6.22. The fraction of sp³-hybridized carbons (Fsp3) is 0.600. The van der Waals surface area contributed by atoms with Gasteiger partial charge in [0.05, 0.1) is 18.3 Å². The van der Waals surface area contributed by atoms with Gasteiger partial charge in [0.1, 0.15) is 29.6 Å². The highest BCUT2D eigenvalue weighted by molar-refractivity contribution is 14.1. The molecule has 0 radical (unpaired) electrons. The van der Waals surface area contributed by atoms with Gasteiger partial charge in [0.2, 0.25) is 0 Å². The Kier molecular flexibility index (Phi) is 7.00. The van der Waals surface area contributed by atoms with Crippen molar-refractivity contribution in [3.63, 3.8) is 0 Å². The molecular formula is C20H26INO3. The van der Waals surface area contributed by atoms with Gasteiger partial charge < -0.3 is 17.4 Å². The van der Waals surface area contributed by atoms with Crippen molar-refractivity contribution in [2.24, 2.45) is 0 Å². The second-order valence-corrected chi connectivity index (χ2v) is 7.45. The summed E-state index contributed by atoms with van der Waals surface area (Å²) in [4.78, 5) is 2.47. The van der Waals surface area contributed by atoms with Crippen molar-refractivity contribution in [2.75, 3.05) is 31.7 Å². The molecule has 0 unspecified atom stereocenters. The molecule has 0 aromatic heterocycles. The fourth-order valence-electron chi connectivity index (χ4n) is 3.52. The number of hydrogen-bond donors (Lipinski definition) is 0. The fourth-order valence-corrected chi connectivity index (χ4v) is 3.67. The van der Waals surface area contributed by atoms with Gasteiger partial charge in [0, 0.05) is 31.5 Å². The number of piperidine rings is 1. The summed E-state index contributed by atoms with van der Waals surface area (Å²) in [6.07, 6.45) is 5.49. The quantitative estimate of drug-likeness (QED) is 0.498. The summed E-state index contributed by atoms with van der Waals surface area (Å²) in [7, 11) is 1.79. The monoisotopic (exact) mass is 455 g/mol. The number of rotatable bonds is 5. The molecule has 2 fully saturated rings. The lowest BCUT2D eigenvalue weighted by atomic mass is 9.91. The Labute approximate surface area is 164 Å². The molecule has 5 heteroatoms. The van der Waals surface area contributed by atoms with Gasteiger partial charge in [-0.15, -0.1) is 0 Å². The van der Waals surface area contributed by atoms with E-state index in [1.807, 2.05) is 23.0 Å². The van der Waals surface area contributed by atoms with E-state index in [4.69, 9.17) is 12.5 Å². The predicted molar refractivity (Wildman–Crippen MR) is 108 cm³/mol. The molecule has 0 atom stereocenters. The van der Waals surface area contributed by atoms with Crippen LogP contribution in [0.4, 0.5) is 5.69 Å². The van der Waals surface area contributed by atoms with Crippen molar-refractivity contribution in [1.82, 2.24) is 0 Å².